The van der Waals surface area contributed by atoms with Gasteiger partial charge in [0, 0.05) is 5.69 Å². The predicted octanol–water partition coefficient (Wildman–Crippen LogP) is 2.14. The lowest BCUT2D eigenvalue weighted by Crippen LogP contribution is -2.41. The van der Waals surface area contributed by atoms with Crippen LogP contribution in [0.1, 0.15) is 6.92 Å². The molecule has 1 aliphatic rings. The maximum atomic E-state index is 2.51. The Labute approximate surface area is 89.5 Å². The van der Waals surface area contributed by atoms with Gasteiger partial charge in [-0.1, -0.05) is 18.2 Å². The van der Waals surface area contributed by atoms with E-state index in [0.717, 1.165) is 0 Å². The van der Waals surface area contributed by atoms with E-state index in [4.69, 9.17) is 0 Å². The summed E-state index contributed by atoms with van der Waals surface area (Å²) in [7, 11) is 0.712. The van der Waals surface area contributed by atoms with Crippen molar-refractivity contribution in [2.45, 2.75) is 6.92 Å². The summed E-state index contributed by atoms with van der Waals surface area (Å²) < 4.78 is 0. The van der Waals surface area contributed by atoms with Gasteiger partial charge >= 0.3 is 0 Å². The Balaban J connectivity index is 1.96. The van der Waals surface area contributed by atoms with Crippen LogP contribution in [-0.2, 0) is 10.9 Å². The first-order chi connectivity index (χ1) is 6.90. The highest BCUT2D eigenvalue weighted by Crippen LogP contribution is 2.16. The minimum atomic E-state index is 0.712. The Morgan fingerprint density at radius 3 is 2.36 bits per heavy atom. The summed E-state index contributed by atoms with van der Waals surface area (Å²) in [5.41, 5.74) is 1.40. The van der Waals surface area contributed by atoms with Gasteiger partial charge in [-0.25, -0.2) is 0 Å². The van der Waals surface area contributed by atoms with E-state index in [1.165, 1.54) is 36.0 Å². The molecule has 1 aromatic rings. The fourth-order valence-corrected chi connectivity index (χ4v) is 3.62. The van der Waals surface area contributed by atoms with Gasteiger partial charge in [0.1, 0.15) is 17.3 Å². The fourth-order valence-electron chi connectivity index (χ4n) is 1.88. The summed E-state index contributed by atoms with van der Waals surface area (Å²) in [4.78, 5) is 2.51. The Morgan fingerprint density at radius 2 is 1.79 bits per heavy atom. The van der Waals surface area contributed by atoms with Gasteiger partial charge in [-0.05, 0) is 30.0 Å². The molecule has 2 heteroatoms. The van der Waals surface area contributed by atoms with Gasteiger partial charge in [0.15, 0.2) is 0 Å². The summed E-state index contributed by atoms with van der Waals surface area (Å²) in [6, 6.07) is 10.8. The molecule has 1 aliphatic heterocycles. The molecule has 0 atom stereocenters. The van der Waals surface area contributed by atoms with Crippen LogP contribution in [0, 0.1) is 0 Å². The Kier molecular flexibility index (Phi) is 3.35. The highest BCUT2D eigenvalue weighted by molar-refractivity contribution is 7.96. The molecule has 0 bridgehead atoms. The molecule has 1 nitrogen and oxygen atoms in total. The molecule has 0 spiro atoms. The zero-order valence-electron chi connectivity index (χ0n) is 8.78. The summed E-state index contributed by atoms with van der Waals surface area (Å²) >= 11 is 0. The van der Waals surface area contributed by atoms with Crippen LogP contribution >= 0.6 is 0 Å². The minimum absolute atomic E-state index is 0.712. The standard InChI is InChI=1S/C12H18NS/c1-2-14-10-8-13(9-11-14)12-6-4-3-5-7-12/h3-7H,2,8-11H2,1H3/q+1. The molecule has 0 unspecified atom stereocenters. The van der Waals surface area contributed by atoms with Crippen molar-refractivity contribution in [3.05, 3.63) is 30.3 Å². The van der Waals surface area contributed by atoms with E-state index in [2.05, 4.69) is 42.2 Å². The number of rotatable bonds is 2. The maximum absolute atomic E-state index is 2.51. The molecule has 1 saturated heterocycles. The summed E-state index contributed by atoms with van der Waals surface area (Å²) in [6.07, 6.45) is 0. The molecule has 14 heavy (non-hydrogen) atoms. The first-order valence-electron chi connectivity index (χ1n) is 5.34. The van der Waals surface area contributed by atoms with Crippen LogP contribution in [0.4, 0.5) is 5.69 Å². The predicted molar refractivity (Wildman–Crippen MR) is 66.3 cm³/mol. The summed E-state index contributed by atoms with van der Waals surface area (Å²) in [5.74, 6) is 4.17. The lowest BCUT2D eigenvalue weighted by molar-refractivity contribution is 0.850. The molecule has 2 rings (SSSR count). The van der Waals surface area contributed by atoms with Gasteiger partial charge in [0.05, 0.1) is 13.1 Å². The second-order valence-corrected chi connectivity index (χ2v) is 6.25. The van der Waals surface area contributed by atoms with Gasteiger partial charge < -0.3 is 4.90 Å². The van der Waals surface area contributed by atoms with Gasteiger partial charge in [-0.3, -0.25) is 0 Å². The van der Waals surface area contributed by atoms with E-state index in [9.17, 15) is 0 Å². The van der Waals surface area contributed by atoms with Crippen LogP contribution in [-0.4, -0.2) is 30.3 Å². The Bertz CT molecular complexity index is 265. The highest BCUT2D eigenvalue weighted by Gasteiger charge is 2.24. The molecule has 0 aliphatic carbocycles. The summed E-state index contributed by atoms with van der Waals surface area (Å²) in [5, 5.41) is 0. The van der Waals surface area contributed by atoms with Crippen molar-refractivity contribution in [2.75, 3.05) is 35.2 Å². The van der Waals surface area contributed by atoms with Crippen molar-refractivity contribution < 1.29 is 0 Å². The van der Waals surface area contributed by atoms with Crippen molar-refractivity contribution in [3.8, 4) is 0 Å². The average Bonchev–Trinajstić information content (AvgIpc) is 2.30. The molecule has 76 valence electrons. The molecular formula is C12H18NS+. The quantitative estimate of drug-likeness (QED) is 0.673. The van der Waals surface area contributed by atoms with Crippen molar-refractivity contribution in [1.29, 1.82) is 0 Å². The third-order valence-corrected chi connectivity index (χ3v) is 5.17. The molecule has 1 aromatic carbocycles. The third-order valence-electron chi connectivity index (χ3n) is 2.83. The number of benzene rings is 1. The molecule has 0 N–H and O–H groups in total. The highest BCUT2D eigenvalue weighted by atomic mass is 32.2. The van der Waals surface area contributed by atoms with E-state index in [-0.39, 0.29) is 0 Å². The number of para-hydroxylation sites is 1. The monoisotopic (exact) mass is 208 g/mol. The minimum Gasteiger partial charge on any atom is -0.362 e. The van der Waals surface area contributed by atoms with Crippen molar-refractivity contribution in [2.24, 2.45) is 0 Å². The molecule has 0 amide bonds. The van der Waals surface area contributed by atoms with Crippen LogP contribution in [0.5, 0.6) is 0 Å². The average molecular weight is 208 g/mol. The zero-order valence-corrected chi connectivity index (χ0v) is 9.59. The van der Waals surface area contributed by atoms with E-state index < -0.39 is 0 Å². The van der Waals surface area contributed by atoms with Crippen LogP contribution in [0.2, 0.25) is 0 Å². The van der Waals surface area contributed by atoms with Gasteiger partial charge in [-0.2, -0.15) is 0 Å². The van der Waals surface area contributed by atoms with Crippen molar-refractivity contribution in [1.82, 2.24) is 0 Å². The Hall–Kier alpha value is -0.630. The molecule has 1 heterocycles. The first-order valence-corrected chi connectivity index (χ1v) is 7.07. The SMILES string of the molecule is CC[S+]1CCN(c2ccccc2)CC1. The smallest absolute Gasteiger partial charge is 0.125 e. The van der Waals surface area contributed by atoms with Gasteiger partial charge in [0.2, 0.25) is 0 Å². The van der Waals surface area contributed by atoms with E-state index in [1.54, 1.807) is 0 Å². The van der Waals surface area contributed by atoms with Crippen molar-refractivity contribution >= 4 is 16.6 Å². The largest absolute Gasteiger partial charge is 0.362 e. The molecular weight excluding hydrogens is 190 g/mol. The normalized spacial score (nSPS) is 18.5. The van der Waals surface area contributed by atoms with Crippen LogP contribution in [0.3, 0.4) is 0 Å². The number of nitrogens with zero attached hydrogens (tertiary/aromatic N) is 1. The van der Waals surface area contributed by atoms with Gasteiger partial charge in [0.25, 0.3) is 0 Å². The second-order valence-electron chi connectivity index (χ2n) is 3.63. The number of anilines is 1. The van der Waals surface area contributed by atoms with Crippen LogP contribution in [0.15, 0.2) is 30.3 Å². The van der Waals surface area contributed by atoms with Crippen LogP contribution in [0.25, 0.3) is 0 Å². The lowest BCUT2D eigenvalue weighted by Gasteiger charge is -2.28. The molecule has 0 radical (unpaired) electrons. The number of hydrogen-bond acceptors (Lipinski definition) is 1. The fraction of sp³-hybridized carbons (Fsp3) is 0.500. The third kappa shape index (κ3) is 2.24. The topological polar surface area (TPSA) is 3.24 Å². The van der Waals surface area contributed by atoms with E-state index >= 15 is 0 Å². The van der Waals surface area contributed by atoms with E-state index in [0.29, 0.717) is 10.9 Å². The number of hydrogen-bond donors (Lipinski definition) is 0. The maximum Gasteiger partial charge on any atom is 0.125 e. The van der Waals surface area contributed by atoms with E-state index in [1.807, 2.05) is 0 Å². The van der Waals surface area contributed by atoms with Gasteiger partial charge in [-0.15, -0.1) is 0 Å². The van der Waals surface area contributed by atoms with Crippen LogP contribution < -0.4 is 4.90 Å². The zero-order chi connectivity index (χ0) is 9.80. The second kappa shape index (κ2) is 4.74. The molecule has 1 fully saturated rings. The molecule has 0 saturated carbocycles. The Morgan fingerprint density at radius 1 is 1.14 bits per heavy atom. The molecule has 0 aromatic heterocycles. The first kappa shape index (κ1) is 9.91. The lowest BCUT2D eigenvalue weighted by atomic mass is 10.3. The van der Waals surface area contributed by atoms with Crippen molar-refractivity contribution in [3.63, 3.8) is 0 Å². The summed E-state index contributed by atoms with van der Waals surface area (Å²) in [6.45, 7) is 4.82.